The quantitative estimate of drug-likeness (QED) is 0.646. The van der Waals surface area contributed by atoms with Crippen LogP contribution in [0.3, 0.4) is 0 Å². The number of nitrogens with one attached hydrogen (secondary N) is 2. The highest BCUT2D eigenvalue weighted by atomic mass is 16.2. The Kier molecular flexibility index (Phi) is 6.49. The van der Waals surface area contributed by atoms with Crippen molar-refractivity contribution in [2.75, 3.05) is 13.1 Å². The van der Waals surface area contributed by atoms with Crippen LogP contribution in [0.2, 0.25) is 0 Å². The van der Waals surface area contributed by atoms with Crippen LogP contribution in [-0.2, 0) is 9.59 Å². The molecule has 120 valence electrons. The standard InChI is InChI=1S/C16H29N3O2/c17-10-3-11-18-15(20)13-6-8-14(9-7-13)19-16(21)12-4-1-2-5-12/h12-14H,1-11,17H2,(H,18,20)(H,19,21). The van der Waals surface area contributed by atoms with Gasteiger partial charge in [0.15, 0.2) is 0 Å². The van der Waals surface area contributed by atoms with Crippen molar-refractivity contribution < 1.29 is 9.59 Å². The van der Waals surface area contributed by atoms with Gasteiger partial charge in [0.25, 0.3) is 0 Å². The largest absolute Gasteiger partial charge is 0.356 e. The zero-order chi connectivity index (χ0) is 15.1. The van der Waals surface area contributed by atoms with Crippen molar-refractivity contribution in [2.24, 2.45) is 17.6 Å². The first-order valence-electron chi connectivity index (χ1n) is 8.49. The molecule has 2 fully saturated rings. The minimum absolute atomic E-state index is 0.113. The smallest absolute Gasteiger partial charge is 0.223 e. The van der Waals surface area contributed by atoms with Crippen LogP contribution >= 0.6 is 0 Å². The molecule has 4 N–H and O–H groups in total. The predicted molar refractivity (Wildman–Crippen MR) is 82.5 cm³/mol. The second-order valence-corrected chi connectivity index (χ2v) is 6.47. The highest BCUT2D eigenvalue weighted by Gasteiger charge is 2.29. The Labute approximate surface area is 127 Å². The summed E-state index contributed by atoms with van der Waals surface area (Å²) in [5.41, 5.74) is 5.42. The van der Waals surface area contributed by atoms with Gasteiger partial charge in [0.05, 0.1) is 0 Å². The third kappa shape index (κ3) is 4.99. The monoisotopic (exact) mass is 295 g/mol. The molecule has 0 radical (unpaired) electrons. The summed E-state index contributed by atoms with van der Waals surface area (Å²) < 4.78 is 0. The molecule has 2 aliphatic rings. The lowest BCUT2D eigenvalue weighted by Gasteiger charge is -2.29. The van der Waals surface area contributed by atoms with E-state index < -0.39 is 0 Å². The number of hydrogen-bond acceptors (Lipinski definition) is 3. The van der Waals surface area contributed by atoms with Gasteiger partial charge in [0, 0.05) is 24.4 Å². The fourth-order valence-corrected chi connectivity index (χ4v) is 3.46. The first-order chi connectivity index (χ1) is 10.2. The van der Waals surface area contributed by atoms with Gasteiger partial charge in [0.1, 0.15) is 0 Å². The lowest BCUT2D eigenvalue weighted by atomic mass is 9.85. The summed E-state index contributed by atoms with van der Waals surface area (Å²) in [6.07, 6.45) is 8.91. The maximum Gasteiger partial charge on any atom is 0.223 e. The molecule has 2 rings (SSSR count). The van der Waals surface area contributed by atoms with E-state index in [9.17, 15) is 9.59 Å². The van der Waals surface area contributed by atoms with Crippen molar-refractivity contribution in [1.82, 2.24) is 10.6 Å². The third-order valence-electron chi connectivity index (χ3n) is 4.85. The van der Waals surface area contributed by atoms with Gasteiger partial charge in [0.2, 0.25) is 11.8 Å². The summed E-state index contributed by atoms with van der Waals surface area (Å²) in [5, 5.41) is 6.13. The Bertz CT molecular complexity index is 345. The van der Waals surface area contributed by atoms with E-state index in [0.29, 0.717) is 13.1 Å². The minimum atomic E-state index is 0.113. The molecule has 0 bridgehead atoms. The van der Waals surface area contributed by atoms with Gasteiger partial charge in [-0.05, 0) is 51.5 Å². The Morgan fingerprint density at radius 1 is 0.905 bits per heavy atom. The number of carbonyl (C=O) groups is 2. The SMILES string of the molecule is NCCCNC(=O)C1CCC(NC(=O)C2CCCC2)CC1. The number of carbonyl (C=O) groups excluding carboxylic acids is 2. The lowest BCUT2D eigenvalue weighted by Crippen LogP contribution is -2.42. The summed E-state index contributed by atoms with van der Waals surface area (Å²) >= 11 is 0. The van der Waals surface area contributed by atoms with Crippen molar-refractivity contribution >= 4 is 11.8 Å². The van der Waals surface area contributed by atoms with E-state index in [1.165, 1.54) is 12.8 Å². The van der Waals surface area contributed by atoms with Crippen LogP contribution in [0.1, 0.15) is 57.8 Å². The zero-order valence-corrected chi connectivity index (χ0v) is 12.9. The van der Waals surface area contributed by atoms with E-state index in [-0.39, 0.29) is 29.7 Å². The molecule has 5 nitrogen and oxygen atoms in total. The molecule has 0 aromatic rings. The minimum Gasteiger partial charge on any atom is -0.356 e. The molecule has 0 saturated heterocycles. The Morgan fingerprint density at radius 3 is 2.14 bits per heavy atom. The van der Waals surface area contributed by atoms with Gasteiger partial charge < -0.3 is 16.4 Å². The second-order valence-electron chi connectivity index (χ2n) is 6.47. The van der Waals surface area contributed by atoms with Crippen LogP contribution in [-0.4, -0.2) is 30.9 Å². The molecule has 5 heteroatoms. The van der Waals surface area contributed by atoms with E-state index >= 15 is 0 Å². The van der Waals surface area contributed by atoms with Gasteiger partial charge in [-0.25, -0.2) is 0 Å². The highest BCUT2D eigenvalue weighted by molar-refractivity contribution is 5.80. The zero-order valence-electron chi connectivity index (χ0n) is 12.9. The van der Waals surface area contributed by atoms with Crippen molar-refractivity contribution in [1.29, 1.82) is 0 Å². The van der Waals surface area contributed by atoms with Crippen LogP contribution in [0.25, 0.3) is 0 Å². The van der Waals surface area contributed by atoms with Crippen LogP contribution in [0.5, 0.6) is 0 Å². The fourth-order valence-electron chi connectivity index (χ4n) is 3.46. The van der Waals surface area contributed by atoms with E-state index in [1.54, 1.807) is 0 Å². The number of hydrogen-bond donors (Lipinski definition) is 3. The normalized spacial score (nSPS) is 26.5. The molecule has 2 aliphatic carbocycles. The molecule has 0 unspecified atom stereocenters. The topological polar surface area (TPSA) is 84.2 Å². The first kappa shape index (κ1) is 16.3. The maximum absolute atomic E-state index is 12.1. The molecule has 0 aromatic heterocycles. The van der Waals surface area contributed by atoms with Gasteiger partial charge in [-0.3, -0.25) is 9.59 Å². The number of nitrogens with two attached hydrogens (primary N) is 1. The molecule has 2 amide bonds. The second kappa shape index (κ2) is 8.37. The summed E-state index contributed by atoms with van der Waals surface area (Å²) in [4.78, 5) is 24.1. The van der Waals surface area contributed by atoms with E-state index in [1.807, 2.05) is 0 Å². The molecule has 0 aromatic carbocycles. The molecule has 21 heavy (non-hydrogen) atoms. The van der Waals surface area contributed by atoms with Crippen LogP contribution in [0, 0.1) is 11.8 Å². The van der Waals surface area contributed by atoms with E-state index in [0.717, 1.165) is 44.9 Å². The molecule has 0 atom stereocenters. The van der Waals surface area contributed by atoms with Crippen LogP contribution in [0.4, 0.5) is 0 Å². The molecular formula is C16H29N3O2. The molecule has 0 aliphatic heterocycles. The van der Waals surface area contributed by atoms with Gasteiger partial charge in [-0.15, -0.1) is 0 Å². The van der Waals surface area contributed by atoms with Gasteiger partial charge in [-0.2, -0.15) is 0 Å². The Hall–Kier alpha value is -1.10. The summed E-state index contributed by atoms with van der Waals surface area (Å²) in [6.45, 7) is 1.29. The third-order valence-corrected chi connectivity index (χ3v) is 4.85. The predicted octanol–water partition coefficient (Wildman–Crippen LogP) is 1.32. The summed E-state index contributed by atoms with van der Waals surface area (Å²) in [5.74, 6) is 0.747. The Balaban J connectivity index is 1.65. The molecular weight excluding hydrogens is 266 g/mol. The number of amides is 2. The highest BCUT2D eigenvalue weighted by Crippen LogP contribution is 2.27. The van der Waals surface area contributed by atoms with E-state index in [4.69, 9.17) is 5.73 Å². The molecule has 0 heterocycles. The molecule has 0 spiro atoms. The first-order valence-corrected chi connectivity index (χ1v) is 8.49. The van der Waals surface area contributed by atoms with Gasteiger partial charge in [-0.1, -0.05) is 12.8 Å². The summed E-state index contributed by atoms with van der Waals surface area (Å²) in [7, 11) is 0. The van der Waals surface area contributed by atoms with Crippen molar-refractivity contribution in [3.05, 3.63) is 0 Å². The van der Waals surface area contributed by atoms with Crippen molar-refractivity contribution in [3.8, 4) is 0 Å². The van der Waals surface area contributed by atoms with Crippen molar-refractivity contribution in [2.45, 2.75) is 63.8 Å². The van der Waals surface area contributed by atoms with Crippen LogP contribution in [0.15, 0.2) is 0 Å². The average Bonchev–Trinajstić information content (AvgIpc) is 3.02. The van der Waals surface area contributed by atoms with Crippen LogP contribution < -0.4 is 16.4 Å². The fraction of sp³-hybridized carbons (Fsp3) is 0.875. The van der Waals surface area contributed by atoms with Gasteiger partial charge >= 0.3 is 0 Å². The van der Waals surface area contributed by atoms with Crippen molar-refractivity contribution in [3.63, 3.8) is 0 Å². The Morgan fingerprint density at radius 2 is 1.52 bits per heavy atom. The average molecular weight is 295 g/mol. The molecule has 2 saturated carbocycles. The maximum atomic E-state index is 12.1. The van der Waals surface area contributed by atoms with E-state index in [2.05, 4.69) is 10.6 Å². The lowest BCUT2D eigenvalue weighted by molar-refractivity contribution is -0.126. The summed E-state index contributed by atoms with van der Waals surface area (Å²) in [6, 6.07) is 0.270. The number of rotatable bonds is 6.